The van der Waals surface area contributed by atoms with Gasteiger partial charge in [0.25, 0.3) is 0 Å². The Bertz CT molecular complexity index is 633. The fourth-order valence-corrected chi connectivity index (χ4v) is 4.27. The molecule has 1 aromatic heterocycles. The van der Waals surface area contributed by atoms with Crippen LogP contribution in [0.25, 0.3) is 11.3 Å². The standard InChI is InChI=1S/C25H35N/c1-3-5-6-23-15-18-25(26-19-23)24-16-13-22(14-17-24)12-11-21-9-7-20(4-2)8-10-21/h13-21H,3-12H2,1-2H3. The van der Waals surface area contributed by atoms with Crippen LogP contribution < -0.4 is 0 Å². The van der Waals surface area contributed by atoms with Crippen molar-refractivity contribution >= 4 is 0 Å². The first-order valence-electron chi connectivity index (χ1n) is 10.8. The summed E-state index contributed by atoms with van der Waals surface area (Å²) >= 11 is 0. The molecule has 0 radical (unpaired) electrons. The number of benzene rings is 1. The molecule has 0 amide bonds. The number of aromatic nitrogens is 1. The molecular formula is C25H35N. The summed E-state index contributed by atoms with van der Waals surface area (Å²) in [6, 6.07) is 13.5. The van der Waals surface area contributed by atoms with Crippen molar-refractivity contribution in [3.8, 4) is 11.3 Å². The molecule has 1 heterocycles. The second-order valence-corrected chi connectivity index (χ2v) is 8.19. The molecule has 1 aliphatic rings. The molecule has 1 fully saturated rings. The van der Waals surface area contributed by atoms with Gasteiger partial charge in [-0.3, -0.25) is 4.98 Å². The number of nitrogens with zero attached hydrogens (tertiary/aromatic N) is 1. The summed E-state index contributed by atoms with van der Waals surface area (Å²) in [7, 11) is 0. The van der Waals surface area contributed by atoms with E-state index in [1.165, 1.54) is 74.5 Å². The monoisotopic (exact) mass is 349 g/mol. The summed E-state index contributed by atoms with van der Waals surface area (Å²) in [5, 5.41) is 0. The van der Waals surface area contributed by atoms with Gasteiger partial charge in [0.1, 0.15) is 0 Å². The summed E-state index contributed by atoms with van der Waals surface area (Å²) in [5.41, 5.74) is 5.16. The maximum Gasteiger partial charge on any atom is 0.0702 e. The Balaban J connectivity index is 1.50. The minimum atomic E-state index is 0.954. The summed E-state index contributed by atoms with van der Waals surface area (Å²) in [5.74, 6) is 1.96. The highest BCUT2D eigenvalue weighted by Crippen LogP contribution is 2.33. The number of hydrogen-bond acceptors (Lipinski definition) is 1. The molecule has 0 spiro atoms. The predicted octanol–water partition coefficient (Wildman–Crippen LogP) is 7.24. The van der Waals surface area contributed by atoms with Crippen molar-refractivity contribution in [3.63, 3.8) is 0 Å². The molecule has 0 atom stereocenters. The smallest absolute Gasteiger partial charge is 0.0702 e. The highest BCUT2D eigenvalue weighted by molar-refractivity contribution is 5.59. The molecule has 0 N–H and O–H groups in total. The van der Waals surface area contributed by atoms with Gasteiger partial charge in [-0.05, 0) is 54.7 Å². The summed E-state index contributed by atoms with van der Waals surface area (Å²) in [6.45, 7) is 4.58. The van der Waals surface area contributed by atoms with Crippen molar-refractivity contribution < 1.29 is 0 Å². The summed E-state index contributed by atoms with van der Waals surface area (Å²) in [6.07, 6.45) is 15.5. The van der Waals surface area contributed by atoms with E-state index in [0.29, 0.717) is 0 Å². The van der Waals surface area contributed by atoms with Crippen LogP contribution in [0.2, 0.25) is 0 Å². The Morgan fingerprint density at radius 1 is 0.808 bits per heavy atom. The zero-order chi connectivity index (χ0) is 18.2. The molecule has 1 aromatic carbocycles. The fourth-order valence-electron chi connectivity index (χ4n) is 4.27. The molecule has 3 rings (SSSR count). The molecule has 1 heteroatoms. The molecular weight excluding hydrogens is 314 g/mol. The van der Waals surface area contributed by atoms with Gasteiger partial charge in [-0.1, -0.05) is 82.7 Å². The van der Waals surface area contributed by atoms with Crippen LogP contribution in [-0.2, 0) is 12.8 Å². The number of aryl methyl sites for hydroxylation is 2. The predicted molar refractivity (Wildman–Crippen MR) is 112 cm³/mol. The number of pyridine rings is 1. The lowest BCUT2D eigenvalue weighted by molar-refractivity contribution is 0.259. The molecule has 0 bridgehead atoms. The third-order valence-electron chi connectivity index (χ3n) is 6.28. The third kappa shape index (κ3) is 5.43. The summed E-state index contributed by atoms with van der Waals surface area (Å²) < 4.78 is 0. The lowest BCUT2D eigenvalue weighted by Gasteiger charge is -2.27. The van der Waals surface area contributed by atoms with Gasteiger partial charge in [-0.25, -0.2) is 0 Å². The normalized spacial score (nSPS) is 20.2. The first-order chi connectivity index (χ1) is 12.8. The van der Waals surface area contributed by atoms with E-state index in [1.807, 2.05) is 6.20 Å². The molecule has 1 saturated carbocycles. The molecule has 0 aliphatic heterocycles. The van der Waals surface area contributed by atoms with Crippen molar-refractivity contribution in [2.45, 2.75) is 78.1 Å². The molecule has 2 aromatic rings. The Labute approximate surface area is 160 Å². The fraction of sp³-hybridized carbons (Fsp3) is 0.560. The molecule has 0 saturated heterocycles. The van der Waals surface area contributed by atoms with Crippen LogP contribution in [-0.4, -0.2) is 4.98 Å². The lowest BCUT2D eigenvalue weighted by atomic mass is 9.78. The molecule has 1 aliphatic carbocycles. The topological polar surface area (TPSA) is 12.9 Å². The van der Waals surface area contributed by atoms with Gasteiger partial charge in [0, 0.05) is 11.8 Å². The van der Waals surface area contributed by atoms with Crippen molar-refractivity contribution in [1.29, 1.82) is 0 Å². The number of rotatable bonds is 8. The third-order valence-corrected chi connectivity index (χ3v) is 6.28. The van der Waals surface area contributed by atoms with E-state index in [1.54, 1.807) is 0 Å². The van der Waals surface area contributed by atoms with Crippen LogP contribution in [0.15, 0.2) is 42.6 Å². The van der Waals surface area contributed by atoms with Crippen LogP contribution in [0.1, 0.15) is 76.3 Å². The Morgan fingerprint density at radius 3 is 2.12 bits per heavy atom. The second kappa shape index (κ2) is 9.90. The first-order valence-corrected chi connectivity index (χ1v) is 10.8. The first kappa shape index (κ1) is 19.1. The quantitative estimate of drug-likeness (QED) is 0.489. The van der Waals surface area contributed by atoms with Crippen LogP contribution in [0, 0.1) is 11.8 Å². The van der Waals surface area contributed by atoms with E-state index in [9.17, 15) is 0 Å². The van der Waals surface area contributed by atoms with Crippen molar-refractivity contribution in [1.82, 2.24) is 4.98 Å². The highest BCUT2D eigenvalue weighted by Gasteiger charge is 2.19. The average Bonchev–Trinajstić information content (AvgIpc) is 2.72. The average molecular weight is 350 g/mol. The zero-order valence-corrected chi connectivity index (χ0v) is 16.7. The number of unbranched alkanes of at least 4 members (excludes halogenated alkanes) is 1. The molecule has 26 heavy (non-hydrogen) atoms. The van der Waals surface area contributed by atoms with Gasteiger partial charge in [0.15, 0.2) is 0 Å². The Morgan fingerprint density at radius 2 is 1.50 bits per heavy atom. The maximum atomic E-state index is 4.67. The van der Waals surface area contributed by atoms with E-state index < -0.39 is 0 Å². The Hall–Kier alpha value is -1.63. The minimum absolute atomic E-state index is 0.954. The van der Waals surface area contributed by atoms with E-state index in [4.69, 9.17) is 0 Å². The van der Waals surface area contributed by atoms with E-state index in [-0.39, 0.29) is 0 Å². The van der Waals surface area contributed by atoms with E-state index in [0.717, 1.165) is 24.0 Å². The van der Waals surface area contributed by atoms with Gasteiger partial charge >= 0.3 is 0 Å². The highest BCUT2D eigenvalue weighted by atomic mass is 14.7. The van der Waals surface area contributed by atoms with Crippen LogP contribution in [0.3, 0.4) is 0 Å². The van der Waals surface area contributed by atoms with Gasteiger partial charge in [-0.15, -0.1) is 0 Å². The van der Waals surface area contributed by atoms with Crippen molar-refractivity contribution in [3.05, 3.63) is 53.7 Å². The van der Waals surface area contributed by atoms with Crippen molar-refractivity contribution in [2.75, 3.05) is 0 Å². The SMILES string of the molecule is CCCCc1ccc(-c2ccc(CCC3CCC(CC)CC3)cc2)nc1. The minimum Gasteiger partial charge on any atom is -0.256 e. The largest absolute Gasteiger partial charge is 0.256 e. The molecule has 140 valence electrons. The zero-order valence-electron chi connectivity index (χ0n) is 16.7. The number of hydrogen-bond donors (Lipinski definition) is 0. The lowest BCUT2D eigenvalue weighted by Crippen LogP contribution is -2.14. The summed E-state index contributed by atoms with van der Waals surface area (Å²) in [4.78, 5) is 4.67. The van der Waals surface area contributed by atoms with Gasteiger partial charge in [-0.2, -0.15) is 0 Å². The van der Waals surface area contributed by atoms with Gasteiger partial charge in [0.2, 0.25) is 0 Å². The second-order valence-electron chi connectivity index (χ2n) is 8.19. The van der Waals surface area contributed by atoms with Crippen LogP contribution in [0.5, 0.6) is 0 Å². The molecule has 1 nitrogen and oxygen atoms in total. The maximum absolute atomic E-state index is 4.67. The van der Waals surface area contributed by atoms with Gasteiger partial charge < -0.3 is 0 Å². The Kier molecular flexibility index (Phi) is 7.29. The molecule has 0 unspecified atom stereocenters. The van der Waals surface area contributed by atoms with Gasteiger partial charge in [0.05, 0.1) is 5.69 Å². The van der Waals surface area contributed by atoms with Crippen LogP contribution in [0.4, 0.5) is 0 Å². The van der Waals surface area contributed by atoms with Crippen molar-refractivity contribution in [2.24, 2.45) is 11.8 Å². The van der Waals surface area contributed by atoms with Crippen LogP contribution >= 0.6 is 0 Å². The van der Waals surface area contributed by atoms with E-state index in [2.05, 4.69) is 55.2 Å². The van der Waals surface area contributed by atoms with E-state index >= 15 is 0 Å².